The van der Waals surface area contributed by atoms with Crippen LogP contribution in [0.15, 0.2) is 0 Å². The molecule has 0 spiro atoms. The Morgan fingerprint density at radius 1 is 0.864 bits per heavy atom. The van der Waals surface area contributed by atoms with Crippen molar-refractivity contribution in [2.45, 2.75) is 53.4 Å². The average Bonchev–Trinajstić information content (AvgIpc) is 2.39. The van der Waals surface area contributed by atoms with Gasteiger partial charge in [0.15, 0.2) is 5.11 Å². The van der Waals surface area contributed by atoms with Gasteiger partial charge in [-0.2, -0.15) is 0 Å². The van der Waals surface area contributed by atoms with Gasteiger partial charge >= 0.3 is 11.9 Å². The molecule has 0 aliphatic carbocycles. The van der Waals surface area contributed by atoms with Gasteiger partial charge in [-0.15, -0.1) is 0 Å². The molecule has 0 unspecified atom stereocenters. The molecule has 0 rings (SSSR count). The lowest BCUT2D eigenvalue weighted by molar-refractivity contribution is -0.148. The first-order valence-corrected chi connectivity index (χ1v) is 7.88. The van der Waals surface area contributed by atoms with E-state index in [1.54, 1.807) is 27.7 Å². The summed E-state index contributed by atoms with van der Waals surface area (Å²) in [6, 6.07) is 0. The molecule has 22 heavy (non-hydrogen) atoms. The van der Waals surface area contributed by atoms with Crippen LogP contribution < -0.4 is 10.6 Å². The topological polar surface area (TPSA) is 98.7 Å². The Balaban J connectivity index is 3.76. The van der Waals surface area contributed by atoms with E-state index >= 15 is 0 Å². The van der Waals surface area contributed by atoms with Crippen LogP contribution in [0.4, 0.5) is 0 Å². The zero-order chi connectivity index (χ0) is 17.4. The van der Waals surface area contributed by atoms with Crippen LogP contribution in [-0.2, 0) is 9.59 Å². The molecule has 4 N–H and O–H groups in total. The molecular formula is C15H28N2O4S. The summed E-state index contributed by atoms with van der Waals surface area (Å²) in [5.41, 5.74) is -1.45. The van der Waals surface area contributed by atoms with Crippen LogP contribution >= 0.6 is 12.2 Å². The van der Waals surface area contributed by atoms with Crippen molar-refractivity contribution < 1.29 is 19.8 Å². The zero-order valence-corrected chi connectivity index (χ0v) is 14.7. The van der Waals surface area contributed by atoms with E-state index in [1.807, 2.05) is 0 Å². The third-order valence-corrected chi connectivity index (χ3v) is 3.97. The first-order chi connectivity index (χ1) is 9.99. The van der Waals surface area contributed by atoms with Crippen LogP contribution in [0.1, 0.15) is 53.4 Å². The number of carboxylic acid groups (broad SMARTS) is 2. The van der Waals surface area contributed by atoms with Crippen molar-refractivity contribution >= 4 is 29.3 Å². The molecule has 0 bridgehead atoms. The van der Waals surface area contributed by atoms with Gasteiger partial charge in [0, 0.05) is 13.1 Å². The third-order valence-electron chi connectivity index (χ3n) is 3.69. The van der Waals surface area contributed by atoms with Crippen LogP contribution in [0.3, 0.4) is 0 Å². The number of carbonyl (C=O) groups is 2. The molecule has 0 aliphatic heterocycles. The summed E-state index contributed by atoms with van der Waals surface area (Å²) in [5, 5.41) is 24.6. The van der Waals surface area contributed by atoms with Gasteiger partial charge in [-0.25, -0.2) is 0 Å². The highest BCUT2D eigenvalue weighted by Crippen LogP contribution is 2.22. The van der Waals surface area contributed by atoms with Gasteiger partial charge in [-0.1, -0.05) is 0 Å². The second-order valence-corrected chi connectivity index (χ2v) is 7.18. The molecule has 0 amide bonds. The fourth-order valence-corrected chi connectivity index (χ4v) is 1.94. The second kappa shape index (κ2) is 8.92. The van der Waals surface area contributed by atoms with E-state index in [-0.39, 0.29) is 0 Å². The van der Waals surface area contributed by atoms with E-state index in [2.05, 4.69) is 10.6 Å². The Hall–Kier alpha value is -1.37. The molecule has 128 valence electrons. The number of rotatable bonds is 10. The standard InChI is InChI=1S/C15H28N2O4S/c1-14(2,11(18)19)7-5-9-16-13(22)17-10-6-8-15(3,4)12(20)21/h5-10H2,1-4H3,(H,18,19)(H,20,21)(H2,16,17,22). The van der Waals surface area contributed by atoms with Gasteiger partial charge in [0.05, 0.1) is 10.8 Å². The Kier molecular flexibility index (Phi) is 8.37. The largest absolute Gasteiger partial charge is 0.481 e. The van der Waals surface area contributed by atoms with Gasteiger partial charge in [-0.05, 0) is 65.6 Å². The van der Waals surface area contributed by atoms with E-state index < -0.39 is 22.8 Å². The zero-order valence-electron chi connectivity index (χ0n) is 13.9. The molecule has 0 atom stereocenters. The first-order valence-electron chi connectivity index (χ1n) is 7.47. The maximum atomic E-state index is 11.0. The van der Waals surface area contributed by atoms with Gasteiger partial charge in [-0.3, -0.25) is 9.59 Å². The van der Waals surface area contributed by atoms with E-state index in [0.717, 1.165) is 0 Å². The number of hydrogen-bond donors (Lipinski definition) is 4. The lowest BCUT2D eigenvalue weighted by Crippen LogP contribution is -2.37. The van der Waals surface area contributed by atoms with Crippen molar-refractivity contribution in [2.75, 3.05) is 13.1 Å². The summed E-state index contributed by atoms with van der Waals surface area (Å²) < 4.78 is 0. The summed E-state index contributed by atoms with van der Waals surface area (Å²) in [4.78, 5) is 21.9. The molecule has 0 aromatic carbocycles. The van der Waals surface area contributed by atoms with Crippen LogP contribution in [0, 0.1) is 10.8 Å². The van der Waals surface area contributed by atoms with Gasteiger partial charge in [0.25, 0.3) is 0 Å². The van der Waals surface area contributed by atoms with Gasteiger partial charge in [0.2, 0.25) is 0 Å². The van der Waals surface area contributed by atoms with Crippen LogP contribution in [0.25, 0.3) is 0 Å². The molecule has 0 aliphatic rings. The lowest BCUT2D eigenvalue weighted by atomic mass is 9.88. The lowest BCUT2D eigenvalue weighted by Gasteiger charge is -2.20. The minimum Gasteiger partial charge on any atom is -0.481 e. The molecule has 7 heteroatoms. The smallest absolute Gasteiger partial charge is 0.309 e. The molecule has 0 aromatic heterocycles. The molecule has 6 nitrogen and oxygen atoms in total. The molecule has 0 heterocycles. The Labute approximate surface area is 137 Å². The van der Waals surface area contributed by atoms with Crippen LogP contribution in [0.5, 0.6) is 0 Å². The predicted octanol–water partition coefficient (Wildman–Crippen LogP) is 2.23. The van der Waals surface area contributed by atoms with Crippen molar-refractivity contribution in [3.8, 4) is 0 Å². The Morgan fingerprint density at radius 2 is 1.18 bits per heavy atom. The van der Waals surface area contributed by atoms with E-state index in [0.29, 0.717) is 43.9 Å². The number of nitrogens with one attached hydrogen (secondary N) is 2. The summed E-state index contributed by atoms with van der Waals surface area (Å²) in [6.45, 7) is 8.05. The van der Waals surface area contributed by atoms with Crippen LogP contribution in [-0.4, -0.2) is 40.4 Å². The molecule has 0 aromatic rings. The Bertz CT molecular complexity index is 372. The summed E-state index contributed by atoms with van der Waals surface area (Å²) in [5.74, 6) is -1.59. The predicted molar refractivity (Wildman–Crippen MR) is 89.9 cm³/mol. The second-order valence-electron chi connectivity index (χ2n) is 6.77. The molecule has 0 fully saturated rings. The fraction of sp³-hybridized carbons (Fsp3) is 0.800. The first kappa shape index (κ1) is 20.6. The fourth-order valence-electron chi connectivity index (χ4n) is 1.74. The highest BCUT2D eigenvalue weighted by atomic mass is 32.1. The van der Waals surface area contributed by atoms with E-state index in [9.17, 15) is 9.59 Å². The summed E-state index contributed by atoms with van der Waals surface area (Å²) in [7, 11) is 0. The number of carboxylic acids is 2. The third kappa shape index (κ3) is 8.17. The highest BCUT2D eigenvalue weighted by Gasteiger charge is 2.26. The van der Waals surface area contributed by atoms with Crippen molar-refractivity contribution in [1.29, 1.82) is 0 Å². The normalized spacial score (nSPS) is 11.8. The van der Waals surface area contributed by atoms with Crippen LogP contribution in [0.2, 0.25) is 0 Å². The van der Waals surface area contributed by atoms with Gasteiger partial charge in [0.1, 0.15) is 0 Å². The quantitative estimate of drug-likeness (QED) is 0.360. The number of aliphatic carboxylic acids is 2. The average molecular weight is 332 g/mol. The highest BCUT2D eigenvalue weighted by molar-refractivity contribution is 7.80. The molecule has 0 radical (unpaired) electrons. The number of thiocarbonyl (C=S) groups is 1. The SMILES string of the molecule is CC(C)(CCCNC(=S)NCCCC(C)(C)C(=O)O)C(=O)O. The summed E-state index contributed by atoms with van der Waals surface area (Å²) >= 11 is 5.12. The van der Waals surface area contributed by atoms with Crippen molar-refractivity contribution in [2.24, 2.45) is 10.8 Å². The summed E-state index contributed by atoms with van der Waals surface area (Å²) in [6.07, 6.45) is 2.58. The maximum absolute atomic E-state index is 11.0. The molecule has 0 saturated heterocycles. The number of hydrogen-bond acceptors (Lipinski definition) is 3. The monoisotopic (exact) mass is 332 g/mol. The van der Waals surface area contributed by atoms with Crippen molar-refractivity contribution in [1.82, 2.24) is 10.6 Å². The minimum atomic E-state index is -0.797. The molecular weight excluding hydrogens is 304 g/mol. The van der Waals surface area contributed by atoms with E-state index in [4.69, 9.17) is 22.4 Å². The Morgan fingerprint density at radius 3 is 1.45 bits per heavy atom. The van der Waals surface area contributed by atoms with Crippen molar-refractivity contribution in [3.63, 3.8) is 0 Å². The van der Waals surface area contributed by atoms with Crippen molar-refractivity contribution in [3.05, 3.63) is 0 Å². The van der Waals surface area contributed by atoms with Gasteiger partial charge < -0.3 is 20.8 Å². The van der Waals surface area contributed by atoms with E-state index in [1.165, 1.54) is 0 Å². The maximum Gasteiger partial charge on any atom is 0.309 e. The minimum absolute atomic E-state index is 0.515. The molecule has 0 saturated carbocycles.